The molecule has 52 heavy (non-hydrogen) atoms. The first-order valence-corrected chi connectivity index (χ1v) is 18.2. The fourth-order valence-corrected chi connectivity index (χ4v) is 6.88. The number of anilines is 3. The molecule has 2 aromatic heterocycles. The second-order valence-electron chi connectivity index (χ2n) is 12.8. The molecule has 14 heteroatoms. The summed E-state index contributed by atoms with van der Waals surface area (Å²) in [6.07, 6.45) is 3.52. The van der Waals surface area contributed by atoms with E-state index in [0.29, 0.717) is 40.9 Å². The first-order valence-electron chi connectivity index (χ1n) is 16.5. The molecule has 1 amide bonds. The van der Waals surface area contributed by atoms with Crippen LogP contribution in [-0.4, -0.2) is 59.4 Å². The molecule has 0 aliphatic carbocycles. The topological polar surface area (TPSA) is 155 Å². The Bertz CT molecular complexity index is 2120. The monoisotopic (exact) mass is 730 g/mol. The Kier molecular flexibility index (Phi) is 12.1. The zero-order valence-electron chi connectivity index (χ0n) is 29.1. The van der Waals surface area contributed by atoms with E-state index < -0.39 is 45.5 Å². The number of aryl methyl sites for hydroxylation is 1. The van der Waals surface area contributed by atoms with Crippen LogP contribution in [0.15, 0.2) is 91.4 Å². The lowest BCUT2D eigenvalue weighted by atomic mass is 10.0. The number of amides is 1. The van der Waals surface area contributed by atoms with Crippen molar-refractivity contribution in [1.29, 1.82) is 0 Å². The van der Waals surface area contributed by atoms with E-state index in [4.69, 9.17) is 4.74 Å². The fraction of sp³-hybridized carbons (Fsp3) is 0.263. The van der Waals surface area contributed by atoms with Gasteiger partial charge in [-0.05, 0) is 103 Å². The number of hydrogen-bond donors (Lipinski definition) is 4. The van der Waals surface area contributed by atoms with E-state index in [1.165, 1.54) is 7.11 Å². The SMILES string of the molecule is COc1ccc(NS(=O)(=O)C[C@H](O)[C@H](Cc2cc(F)cc(F)c2)NC(=O)c2ccc(C)c(Nc3nccc(-c4cccnc4)n3)c2)c(CC(C)C)c1. The molecule has 11 nitrogen and oxygen atoms in total. The molecular weight excluding hydrogens is 691 g/mol. The zero-order valence-corrected chi connectivity index (χ0v) is 29.9. The molecule has 5 aromatic rings. The second-order valence-corrected chi connectivity index (χ2v) is 14.6. The lowest BCUT2D eigenvalue weighted by Gasteiger charge is -2.25. The van der Waals surface area contributed by atoms with Gasteiger partial charge >= 0.3 is 0 Å². The van der Waals surface area contributed by atoms with E-state index in [0.717, 1.165) is 23.3 Å². The average molecular weight is 731 g/mol. The van der Waals surface area contributed by atoms with Gasteiger partial charge in [0.25, 0.3) is 5.91 Å². The standard InChI is InChI=1S/C38H40F2N6O5S/c1-23(2)14-28-18-31(51-4)9-10-33(28)46-52(49,50)22-36(47)35(17-25-15-29(39)20-30(40)16-25)43-37(48)26-8-7-24(3)34(19-26)45-38-42-13-11-32(44-38)27-6-5-12-41-21-27/h5-13,15-16,18-21,23,35-36,46-47H,14,17,22H2,1-4H3,(H,43,48)(H,42,44,45)/t35-,36-/m0/s1. The molecule has 3 aromatic carbocycles. The Balaban J connectivity index is 1.38. The largest absolute Gasteiger partial charge is 0.497 e. The molecule has 2 atom stereocenters. The van der Waals surface area contributed by atoms with Crippen LogP contribution in [0.1, 0.15) is 40.9 Å². The number of aliphatic hydroxyl groups is 1. The number of ether oxygens (including phenoxy) is 1. The maximum Gasteiger partial charge on any atom is 0.251 e. The maximum atomic E-state index is 14.2. The van der Waals surface area contributed by atoms with Crippen molar-refractivity contribution in [3.63, 3.8) is 0 Å². The van der Waals surface area contributed by atoms with Crippen LogP contribution in [0.25, 0.3) is 11.3 Å². The molecule has 0 bridgehead atoms. The Morgan fingerprint density at radius 3 is 2.40 bits per heavy atom. The van der Waals surface area contributed by atoms with Crippen LogP contribution in [0.4, 0.5) is 26.1 Å². The minimum absolute atomic E-state index is 0.110. The average Bonchev–Trinajstić information content (AvgIpc) is 3.09. The molecule has 4 N–H and O–H groups in total. The summed E-state index contributed by atoms with van der Waals surface area (Å²) in [5.41, 5.74) is 4.01. The van der Waals surface area contributed by atoms with Crippen molar-refractivity contribution in [3.8, 4) is 17.0 Å². The summed E-state index contributed by atoms with van der Waals surface area (Å²) in [5.74, 6) is -2.16. The van der Waals surface area contributed by atoms with E-state index in [9.17, 15) is 27.1 Å². The summed E-state index contributed by atoms with van der Waals surface area (Å²) < 4.78 is 63.0. The number of halogens is 2. The molecule has 0 fully saturated rings. The van der Waals surface area contributed by atoms with Gasteiger partial charge in [-0.1, -0.05) is 19.9 Å². The number of benzene rings is 3. The number of carbonyl (C=O) groups is 1. The van der Waals surface area contributed by atoms with Crippen molar-refractivity contribution in [2.45, 2.75) is 45.8 Å². The third-order valence-electron chi connectivity index (χ3n) is 8.11. The summed E-state index contributed by atoms with van der Waals surface area (Å²) in [6.45, 7) is 5.81. The molecule has 2 heterocycles. The minimum Gasteiger partial charge on any atom is -0.497 e. The van der Waals surface area contributed by atoms with Gasteiger partial charge in [0.1, 0.15) is 17.4 Å². The van der Waals surface area contributed by atoms with Crippen LogP contribution < -0.4 is 20.1 Å². The Morgan fingerprint density at radius 2 is 1.71 bits per heavy atom. The molecular formula is C38H40F2N6O5S. The van der Waals surface area contributed by atoms with Gasteiger partial charge in [0.05, 0.1) is 36.4 Å². The van der Waals surface area contributed by atoms with Gasteiger partial charge in [-0.25, -0.2) is 27.2 Å². The van der Waals surface area contributed by atoms with Gasteiger partial charge in [-0.3, -0.25) is 14.5 Å². The quantitative estimate of drug-likeness (QED) is 0.0983. The molecule has 0 aliphatic rings. The van der Waals surface area contributed by atoms with Crippen LogP contribution in [0.3, 0.4) is 0 Å². The number of methoxy groups -OCH3 is 1. The summed E-state index contributed by atoms with van der Waals surface area (Å²) in [7, 11) is -2.69. The highest BCUT2D eigenvalue weighted by molar-refractivity contribution is 7.92. The van der Waals surface area contributed by atoms with Crippen LogP contribution >= 0.6 is 0 Å². The number of sulfonamides is 1. The van der Waals surface area contributed by atoms with E-state index in [-0.39, 0.29) is 29.4 Å². The smallest absolute Gasteiger partial charge is 0.251 e. The van der Waals surface area contributed by atoms with Crippen LogP contribution in [-0.2, 0) is 22.9 Å². The molecule has 0 saturated carbocycles. The molecule has 0 radical (unpaired) electrons. The minimum atomic E-state index is -4.20. The number of nitrogens with zero attached hydrogens (tertiary/aromatic N) is 3. The Hall–Kier alpha value is -5.47. The zero-order chi connectivity index (χ0) is 37.4. The van der Waals surface area contributed by atoms with Crippen molar-refractivity contribution in [2.24, 2.45) is 5.92 Å². The number of hydrogen-bond acceptors (Lipinski definition) is 9. The van der Waals surface area contributed by atoms with Gasteiger partial charge < -0.3 is 20.5 Å². The Labute approximate surface area is 301 Å². The highest BCUT2D eigenvalue weighted by Crippen LogP contribution is 2.27. The molecule has 0 unspecified atom stereocenters. The van der Waals surface area contributed by atoms with Crippen LogP contribution in [0.2, 0.25) is 0 Å². The molecule has 0 saturated heterocycles. The third kappa shape index (κ3) is 10.3. The Morgan fingerprint density at radius 1 is 0.942 bits per heavy atom. The number of nitrogens with one attached hydrogen (secondary N) is 3. The summed E-state index contributed by atoms with van der Waals surface area (Å²) in [5, 5.41) is 17.2. The van der Waals surface area contributed by atoms with Crippen molar-refractivity contribution >= 4 is 33.3 Å². The predicted molar refractivity (Wildman–Crippen MR) is 196 cm³/mol. The summed E-state index contributed by atoms with van der Waals surface area (Å²) >= 11 is 0. The van der Waals surface area contributed by atoms with Crippen LogP contribution in [0.5, 0.6) is 5.75 Å². The van der Waals surface area contributed by atoms with Crippen molar-refractivity contribution in [2.75, 3.05) is 22.9 Å². The van der Waals surface area contributed by atoms with Crippen molar-refractivity contribution < 1.29 is 31.8 Å². The number of pyridine rings is 1. The summed E-state index contributed by atoms with van der Waals surface area (Å²) in [6, 6.07) is 16.7. The highest BCUT2D eigenvalue weighted by atomic mass is 32.2. The van der Waals surface area contributed by atoms with Gasteiger partial charge in [-0.2, -0.15) is 0 Å². The van der Waals surface area contributed by atoms with Crippen LogP contribution in [0, 0.1) is 24.5 Å². The molecule has 5 rings (SSSR count). The van der Waals surface area contributed by atoms with Crippen molar-refractivity contribution in [3.05, 3.63) is 125 Å². The van der Waals surface area contributed by atoms with Gasteiger partial charge in [0.2, 0.25) is 16.0 Å². The number of carbonyl (C=O) groups excluding carboxylic acids is 1. The molecule has 0 aliphatic heterocycles. The molecule has 0 spiro atoms. The first-order chi connectivity index (χ1) is 24.8. The van der Waals surface area contributed by atoms with Gasteiger partial charge in [0, 0.05) is 41.5 Å². The van der Waals surface area contributed by atoms with Gasteiger partial charge in [-0.15, -0.1) is 0 Å². The van der Waals surface area contributed by atoms with E-state index >= 15 is 0 Å². The number of aromatic nitrogens is 3. The fourth-order valence-electron chi connectivity index (χ4n) is 5.59. The third-order valence-corrected chi connectivity index (χ3v) is 9.43. The molecule has 272 valence electrons. The van der Waals surface area contributed by atoms with E-state index in [1.807, 2.05) is 26.8 Å². The number of aliphatic hydroxyl groups excluding tert-OH is 1. The lowest BCUT2D eigenvalue weighted by molar-refractivity contribution is 0.0862. The van der Waals surface area contributed by atoms with Crippen molar-refractivity contribution in [1.82, 2.24) is 20.3 Å². The maximum absolute atomic E-state index is 14.2. The van der Waals surface area contributed by atoms with E-state index in [1.54, 1.807) is 67.1 Å². The van der Waals surface area contributed by atoms with E-state index in [2.05, 4.69) is 30.3 Å². The normalized spacial score (nSPS) is 12.6. The highest BCUT2D eigenvalue weighted by Gasteiger charge is 2.29. The number of rotatable bonds is 15. The van der Waals surface area contributed by atoms with Gasteiger partial charge in [0.15, 0.2) is 0 Å². The first kappa shape index (κ1) is 37.8. The second kappa shape index (κ2) is 16.7. The summed E-state index contributed by atoms with van der Waals surface area (Å²) in [4.78, 5) is 26.7. The lowest BCUT2D eigenvalue weighted by Crippen LogP contribution is -2.48. The predicted octanol–water partition coefficient (Wildman–Crippen LogP) is 6.22.